The summed E-state index contributed by atoms with van der Waals surface area (Å²) < 4.78 is 5.59. The second-order valence-electron chi connectivity index (χ2n) is 6.15. The lowest BCUT2D eigenvalue weighted by Crippen LogP contribution is -2.48. The Kier molecular flexibility index (Phi) is 4.31. The lowest BCUT2D eigenvalue weighted by atomic mass is 9.92. The van der Waals surface area contributed by atoms with E-state index in [4.69, 9.17) is 21.4 Å². The quantitative estimate of drug-likeness (QED) is 0.886. The number of benzene rings is 1. The fourth-order valence-electron chi connectivity index (χ4n) is 3.29. The highest BCUT2D eigenvalue weighted by Gasteiger charge is 2.38. The fraction of sp³-hybridized carbons (Fsp3) is 0.412. The molecular weight excluding hydrogens is 318 g/mol. The van der Waals surface area contributed by atoms with Gasteiger partial charge in [0.2, 0.25) is 0 Å². The van der Waals surface area contributed by atoms with Crippen molar-refractivity contribution in [1.82, 2.24) is 5.32 Å². The Morgan fingerprint density at radius 1 is 1.30 bits per heavy atom. The molecule has 1 amide bonds. The van der Waals surface area contributed by atoms with Crippen molar-refractivity contribution < 1.29 is 19.4 Å². The van der Waals surface area contributed by atoms with E-state index in [0.717, 1.165) is 18.4 Å². The van der Waals surface area contributed by atoms with Crippen LogP contribution in [0, 0.1) is 0 Å². The van der Waals surface area contributed by atoms with Gasteiger partial charge in [0, 0.05) is 10.6 Å². The van der Waals surface area contributed by atoms with Crippen molar-refractivity contribution in [1.29, 1.82) is 0 Å². The molecule has 2 N–H and O–H groups in total. The third-order valence-corrected chi connectivity index (χ3v) is 4.64. The SMILES string of the molecule is O=C(O)CC1(NC(=O)C2=Cc3cc(Cl)ccc3OC2)CCCC1. The number of aliphatic carboxylic acids is 1. The minimum Gasteiger partial charge on any atom is -0.488 e. The second kappa shape index (κ2) is 6.24. The summed E-state index contributed by atoms with van der Waals surface area (Å²) in [5.74, 6) is -0.468. The van der Waals surface area contributed by atoms with Gasteiger partial charge in [-0.3, -0.25) is 9.59 Å². The Labute approximate surface area is 139 Å². The van der Waals surface area contributed by atoms with Crippen molar-refractivity contribution in [3.05, 3.63) is 34.4 Å². The third-order valence-electron chi connectivity index (χ3n) is 4.41. The van der Waals surface area contributed by atoms with E-state index in [2.05, 4.69) is 5.32 Å². The summed E-state index contributed by atoms with van der Waals surface area (Å²) in [5.41, 5.74) is 0.599. The molecule has 1 heterocycles. The maximum absolute atomic E-state index is 12.6. The van der Waals surface area contributed by atoms with E-state index >= 15 is 0 Å². The summed E-state index contributed by atoms with van der Waals surface area (Å²) in [6.07, 6.45) is 4.96. The largest absolute Gasteiger partial charge is 0.488 e. The van der Waals surface area contributed by atoms with Crippen molar-refractivity contribution in [2.24, 2.45) is 0 Å². The Morgan fingerprint density at radius 2 is 2.04 bits per heavy atom. The summed E-state index contributed by atoms with van der Waals surface area (Å²) in [6, 6.07) is 5.25. The molecule has 1 saturated carbocycles. The predicted octanol–water partition coefficient (Wildman–Crippen LogP) is 3.02. The first-order valence-electron chi connectivity index (χ1n) is 7.65. The lowest BCUT2D eigenvalue weighted by molar-refractivity contribution is -0.139. The maximum atomic E-state index is 12.6. The van der Waals surface area contributed by atoms with Crippen LogP contribution in [0.4, 0.5) is 0 Å². The number of carbonyl (C=O) groups is 2. The van der Waals surface area contributed by atoms with Crippen LogP contribution in [0.2, 0.25) is 5.02 Å². The van der Waals surface area contributed by atoms with Gasteiger partial charge in [-0.1, -0.05) is 24.4 Å². The van der Waals surface area contributed by atoms with E-state index in [9.17, 15) is 9.59 Å². The molecule has 2 aliphatic rings. The summed E-state index contributed by atoms with van der Waals surface area (Å²) >= 11 is 5.97. The molecule has 23 heavy (non-hydrogen) atoms. The number of ether oxygens (including phenoxy) is 1. The highest BCUT2D eigenvalue weighted by atomic mass is 35.5. The lowest BCUT2D eigenvalue weighted by Gasteiger charge is -2.30. The minimum absolute atomic E-state index is 0.0463. The van der Waals surface area contributed by atoms with Gasteiger partial charge in [-0.15, -0.1) is 0 Å². The summed E-state index contributed by atoms with van der Waals surface area (Å²) in [6.45, 7) is 0.170. The summed E-state index contributed by atoms with van der Waals surface area (Å²) in [5, 5.41) is 12.6. The number of carboxylic acid groups (broad SMARTS) is 1. The standard InChI is InChI=1S/C17H18ClNO4/c18-13-3-4-14-11(8-13)7-12(10-23-14)16(22)19-17(9-15(20)21)5-1-2-6-17/h3-4,7-8H,1-2,5-6,9-10H2,(H,19,22)(H,20,21). The van der Waals surface area contributed by atoms with Crippen molar-refractivity contribution in [3.8, 4) is 5.75 Å². The molecule has 1 aromatic rings. The van der Waals surface area contributed by atoms with Crippen LogP contribution in [0.5, 0.6) is 5.75 Å². The van der Waals surface area contributed by atoms with Gasteiger partial charge in [0.1, 0.15) is 12.4 Å². The first-order chi connectivity index (χ1) is 11.0. The van der Waals surface area contributed by atoms with E-state index in [0.29, 0.717) is 29.2 Å². The summed E-state index contributed by atoms with van der Waals surface area (Å²) in [4.78, 5) is 23.7. The number of fused-ring (bicyclic) bond motifs is 1. The molecule has 3 rings (SSSR count). The van der Waals surface area contributed by atoms with Crippen LogP contribution >= 0.6 is 11.6 Å². The first-order valence-corrected chi connectivity index (χ1v) is 8.02. The molecule has 122 valence electrons. The van der Waals surface area contributed by atoms with Crippen LogP contribution in [0.15, 0.2) is 23.8 Å². The fourth-order valence-corrected chi connectivity index (χ4v) is 3.47. The molecule has 0 aromatic heterocycles. The zero-order valence-electron chi connectivity index (χ0n) is 12.6. The highest BCUT2D eigenvalue weighted by Crippen LogP contribution is 2.34. The molecule has 6 heteroatoms. The minimum atomic E-state index is -0.891. The van der Waals surface area contributed by atoms with Crippen LogP contribution in [-0.2, 0) is 9.59 Å². The number of rotatable bonds is 4. The van der Waals surface area contributed by atoms with E-state index < -0.39 is 11.5 Å². The number of hydrogen-bond acceptors (Lipinski definition) is 3. The molecule has 5 nitrogen and oxygen atoms in total. The van der Waals surface area contributed by atoms with Crippen LogP contribution in [0.1, 0.15) is 37.7 Å². The van der Waals surface area contributed by atoms with E-state index in [1.165, 1.54) is 0 Å². The second-order valence-corrected chi connectivity index (χ2v) is 6.59. The Morgan fingerprint density at radius 3 is 2.74 bits per heavy atom. The molecule has 1 aliphatic heterocycles. The molecule has 0 atom stereocenters. The van der Waals surface area contributed by atoms with Crippen molar-refractivity contribution in [2.45, 2.75) is 37.6 Å². The molecular formula is C17H18ClNO4. The summed E-state index contributed by atoms with van der Waals surface area (Å²) in [7, 11) is 0. The van der Waals surface area contributed by atoms with E-state index in [1.54, 1.807) is 24.3 Å². The number of amides is 1. The van der Waals surface area contributed by atoms with E-state index in [1.807, 2.05) is 0 Å². The predicted molar refractivity (Wildman–Crippen MR) is 86.5 cm³/mol. The van der Waals surface area contributed by atoms with Gasteiger partial charge in [-0.2, -0.15) is 0 Å². The van der Waals surface area contributed by atoms with Gasteiger partial charge in [0.15, 0.2) is 0 Å². The maximum Gasteiger partial charge on any atom is 0.305 e. The number of carboxylic acids is 1. The van der Waals surface area contributed by atoms with Gasteiger partial charge < -0.3 is 15.2 Å². The van der Waals surface area contributed by atoms with Crippen molar-refractivity contribution in [3.63, 3.8) is 0 Å². The average Bonchev–Trinajstić information content (AvgIpc) is 2.93. The van der Waals surface area contributed by atoms with Gasteiger partial charge in [-0.05, 0) is 37.1 Å². The van der Waals surface area contributed by atoms with Crippen molar-refractivity contribution >= 4 is 29.6 Å². The normalized spacial score (nSPS) is 18.6. The van der Waals surface area contributed by atoms with Gasteiger partial charge in [0.25, 0.3) is 5.91 Å². The Bertz CT molecular complexity index is 677. The van der Waals surface area contributed by atoms with Crippen molar-refractivity contribution in [2.75, 3.05) is 6.61 Å². The number of nitrogens with one attached hydrogen (secondary N) is 1. The molecule has 0 radical (unpaired) electrons. The van der Waals surface area contributed by atoms with Crippen LogP contribution in [0.3, 0.4) is 0 Å². The van der Waals surface area contributed by atoms with Gasteiger partial charge >= 0.3 is 5.97 Å². The number of halogens is 1. The Hall–Kier alpha value is -2.01. The topological polar surface area (TPSA) is 75.6 Å². The smallest absolute Gasteiger partial charge is 0.305 e. The molecule has 0 saturated heterocycles. The molecule has 0 unspecified atom stereocenters. The number of carbonyl (C=O) groups excluding carboxylic acids is 1. The molecule has 1 fully saturated rings. The highest BCUT2D eigenvalue weighted by molar-refractivity contribution is 6.30. The Balaban J connectivity index is 1.79. The number of hydrogen-bond donors (Lipinski definition) is 2. The molecule has 1 aliphatic carbocycles. The van der Waals surface area contributed by atoms with Crippen LogP contribution < -0.4 is 10.1 Å². The van der Waals surface area contributed by atoms with Crippen LogP contribution in [0.25, 0.3) is 6.08 Å². The zero-order chi connectivity index (χ0) is 16.4. The van der Waals surface area contributed by atoms with Gasteiger partial charge in [-0.25, -0.2) is 0 Å². The third kappa shape index (κ3) is 3.50. The van der Waals surface area contributed by atoms with E-state index in [-0.39, 0.29) is 18.9 Å². The van der Waals surface area contributed by atoms with Gasteiger partial charge in [0.05, 0.1) is 17.5 Å². The molecule has 1 aromatic carbocycles. The average molecular weight is 336 g/mol. The molecule has 0 spiro atoms. The first kappa shape index (κ1) is 15.9. The zero-order valence-corrected chi connectivity index (χ0v) is 13.4. The molecule has 0 bridgehead atoms. The van der Waals surface area contributed by atoms with Crippen LogP contribution in [-0.4, -0.2) is 29.1 Å². The monoisotopic (exact) mass is 335 g/mol.